The number of pyridine rings is 1. The van der Waals surface area contributed by atoms with Crippen LogP contribution in [0.5, 0.6) is 5.75 Å². The van der Waals surface area contributed by atoms with E-state index in [0.29, 0.717) is 33.4 Å². The predicted octanol–water partition coefficient (Wildman–Crippen LogP) is 4.34. The Labute approximate surface area is 231 Å². The number of anilines is 1. The fourth-order valence-electron chi connectivity index (χ4n) is 4.10. The number of carbonyl (C=O) groups excluding carboxylic acids is 3. The van der Waals surface area contributed by atoms with Gasteiger partial charge in [0.25, 0.3) is 0 Å². The number of hydrogen-bond donors (Lipinski definition) is 2. The molecule has 210 valence electrons. The highest BCUT2D eigenvalue weighted by molar-refractivity contribution is 6.10. The van der Waals surface area contributed by atoms with Gasteiger partial charge in [-0.15, -0.1) is 4.68 Å². The molecule has 4 rings (SSSR count). The Balaban J connectivity index is 1.64. The number of esters is 1. The van der Waals surface area contributed by atoms with Crippen LogP contribution < -0.4 is 15.4 Å². The molecule has 0 unspecified atom stereocenters. The Bertz CT molecular complexity index is 1560. The number of hydrogen-bond acceptors (Lipinski definition) is 9. The van der Waals surface area contributed by atoms with E-state index in [2.05, 4.69) is 20.7 Å². The van der Waals surface area contributed by atoms with Crippen molar-refractivity contribution in [3.05, 3.63) is 59.8 Å². The minimum absolute atomic E-state index is 0.0754. The molecule has 0 saturated carbocycles. The van der Waals surface area contributed by atoms with Crippen LogP contribution in [0.25, 0.3) is 21.9 Å². The molecule has 1 amide bonds. The maximum atomic E-state index is 13.0. The molecule has 0 aliphatic heterocycles. The van der Waals surface area contributed by atoms with Crippen molar-refractivity contribution in [1.29, 1.82) is 0 Å². The van der Waals surface area contributed by atoms with E-state index in [1.54, 1.807) is 59.9 Å². The molecule has 0 fully saturated rings. The van der Waals surface area contributed by atoms with Crippen LogP contribution >= 0.6 is 0 Å². The second kappa shape index (κ2) is 11.6. The number of aromatic nitrogens is 3. The summed E-state index contributed by atoms with van der Waals surface area (Å²) in [6, 6.07) is 13.8. The molecule has 0 spiro atoms. The number of nitrogens with zero attached hydrogens (tertiary/aromatic N) is 3. The van der Waals surface area contributed by atoms with Gasteiger partial charge < -0.3 is 24.8 Å². The van der Waals surface area contributed by atoms with Crippen molar-refractivity contribution in [1.82, 2.24) is 20.1 Å². The van der Waals surface area contributed by atoms with Gasteiger partial charge in [0.05, 0.1) is 35.9 Å². The van der Waals surface area contributed by atoms with E-state index in [1.807, 2.05) is 30.3 Å². The monoisotopic (exact) mass is 547 g/mol. The minimum atomic E-state index is -0.841. The van der Waals surface area contributed by atoms with E-state index in [0.717, 1.165) is 10.2 Å². The molecular weight excluding hydrogens is 514 g/mol. The Kier molecular flexibility index (Phi) is 8.22. The average molecular weight is 548 g/mol. The van der Waals surface area contributed by atoms with E-state index in [1.165, 1.54) is 0 Å². The fourth-order valence-corrected chi connectivity index (χ4v) is 4.10. The summed E-state index contributed by atoms with van der Waals surface area (Å²) in [4.78, 5) is 42.8. The van der Waals surface area contributed by atoms with Crippen LogP contribution in [-0.2, 0) is 25.7 Å². The molecule has 0 radical (unpaired) electrons. The largest absolute Gasteiger partial charge is 0.497 e. The number of ether oxygens (including phenoxy) is 3. The zero-order chi connectivity index (χ0) is 29.0. The molecule has 0 bridgehead atoms. The molecule has 11 nitrogen and oxygen atoms in total. The van der Waals surface area contributed by atoms with Crippen molar-refractivity contribution in [2.45, 2.75) is 52.9 Å². The number of carbonyl (C=O) groups is 3. The molecule has 2 aromatic heterocycles. The van der Waals surface area contributed by atoms with Crippen LogP contribution in [0.3, 0.4) is 0 Å². The summed E-state index contributed by atoms with van der Waals surface area (Å²) >= 11 is 0. The summed E-state index contributed by atoms with van der Waals surface area (Å²) in [6.07, 6.45) is -0.683. The van der Waals surface area contributed by atoms with Gasteiger partial charge in [-0.25, -0.2) is 14.6 Å². The molecule has 0 aliphatic rings. The molecular formula is C29H33N5O6. The summed E-state index contributed by atoms with van der Waals surface area (Å²) in [5, 5.41) is 11.4. The summed E-state index contributed by atoms with van der Waals surface area (Å²) < 4.78 is 17.4. The highest BCUT2D eigenvalue weighted by Gasteiger charge is 2.25. The van der Waals surface area contributed by atoms with Crippen LogP contribution in [0.2, 0.25) is 0 Å². The van der Waals surface area contributed by atoms with Crippen LogP contribution in [-0.4, -0.2) is 58.0 Å². The van der Waals surface area contributed by atoms with Gasteiger partial charge in [-0.1, -0.05) is 30.3 Å². The van der Waals surface area contributed by atoms with Crippen molar-refractivity contribution in [2.75, 3.05) is 19.0 Å². The smallest absolute Gasteiger partial charge is 0.437 e. The number of fused-ring (bicyclic) bond motifs is 2. The van der Waals surface area contributed by atoms with Gasteiger partial charge in [0.2, 0.25) is 5.91 Å². The molecule has 11 heteroatoms. The SMILES string of the molecule is COc1ccc2nc3c(c(C)nn3C(=O)OCc3ccccc3)c(NCC(=O)N[C@@H](C)C(=O)OC(C)(C)C)c2c1. The highest BCUT2D eigenvalue weighted by Crippen LogP contribution is 2.35. The topological polar surface area (TPSA) is 134 Å². The van der Waals surface area contributed by atoms with Crippen LogP contribution in [0.15, 0.2) is 48.5 Å². The fraction of sp³-hybridized carbons (Fsp3) is 0.345. The maximum absolute atomic E-state index is 13.0. The van der Waals surface area contributed by atoms with Crippen LogP contribution in [0, 0.1) is 6.92 Å². The minimum Gasteiger partial charge on any atom is -0.497 e. The predicted molar refractivity (Wildman–Crippen MR) is 150 cm³/mol. The number of nitrogens with one attached hydrogen (secondary N) is 2. The van der Waals surface area contributed by atoms with Crippen LogP contribution in [0.4, 0.5) is 10.5 Å². The van der Waals surface area contributed by atoms with Crippen molar-refractivity contribution < 1.29 is 28.6 Å². The molecule has 0 aliphatic carbocycles. The van der Waals surface area contributed by atoms with Crippen molar-refractivity contribution in [2.24, 2.45) is 0 Å². The Morgan fingerprint density at radius 2 is 1.80 bits per heavy atom. The van der Waals surface area contributed by atoms with Gasteiger partial charge in [-0.3, -0.25) is 4.79 Å². The third-order valence-electron chi connectivity index (χ3n) is 5.93. The average Bonchev–Trinajstić information content (AvgIpc) is 3.24. The van der Waals surface area contributed by atoms with E-state index in [-0.39, 0.29) is 18.8 Å². The lowest BCUT2D eigenvalue weighted by molar-refractivity contribution is -0.158. The number of rotatable bonds is 8. The molecule has 2 heterocycles. The van der Waals surface area contributed by atoms with Crippen molar-refractivity contribution in [3.63, 3.8) is 0 Å². The van der Waals surface area contributed by atoms with Crippen molar-refractivity contribution >= 4 is 45.6 Å². The lowest BCUT2D eigenvalue weighted by Gasteiger charge is -2.22. The number of amides is 1. The second-order valence-electron chi connectivity index (χ2n) is 10.3. The van der Waals surface area contributed by atoms with Gasteiger partial charge in [-0.2, -0.15) is 5.10 Å². The lowest BCUT2D eigenvalue weighted by Crippen LogP contribution is -2.44. The maximum Gasteiger partial charge on any atom is 0.437 e. The summed E-state index contributed by atoms with van der Waals surface area (Å²) in [7, 11) is 1.55. The van der Waals surface area contributed by atoms with Gasteiger partial charge >= 0.3 is 12.1 Å². The standard InChI is InChI=1S/C29H33N5O6/c1-17-24-25(30-15-23(35)31-18(2)27(36)40-29(3,4)5)21-14-20(38-6)12-13-22(21)32-26(24)34(33-17)28(37)39-16-19-10-8-7-9-11-19/h7-14,18H,15-16H2,1-6H3,(H,30,32)(H,31,35)/t18-/m0/s1. The first kappa shape index (κ1) is 28.3. The molecule has 2 aromatic carbocycles. The third kappa shape index (κ3) is 6.48. The number of methoxy groups -OCH3 is 1. The summed E-state index contributed by atoms with van der Waals surface area (Å²) in [5.41, 5.74) is 2.04. The Morgan fingerprint density at radius 1 is 1.07 bits per heavy atom. The third-order valence-corrected chi connectivity index (χ3v) is 5.93. The van der Waals surface area contributed by atoms with Crippen molar-refractivity contribution in [3.8, 4) is 5.75 Å². The lowest BCUT2D eigenvalue weighted by atomic mass is 10.1. The molecule has 2 N–H and O–H groups in total. The molecule has 0 saturated heterocycles. The summed E-state index contributed by atoms with van der Waals surface area (Å²) in [6.45, 7) is 8.49. The second-order valence-corrected chi connectivity index (χ2v) is 10.3. The van der Waals surface area contributed by atoms with Gasteiger partial charge in [0, 0.05) is 5.39 Å². The zero-order valence-electron chi connectivity index (χ0n) is 23.4. The molecule has 1 atom stereocenters. The first-order valence-corrected chi connectivity index (χ1v) is 12.8. The van der Waals surface area contributed by atoms with Gasteiger partial charge in [-0.05, 0) is 58.4 Å². The Morgan fingerprint density at radius 3 is 2.48 bits per heavy atom. The Hall–Kier alpha value is -4.67. The highest BCUT2D eigenvalue weighted by atomic mass is 16.6. The van der Waals surface area contributed by atoms with E-state index in [4.69, 9.17) is 14.2 Å². The quantitative estimate of drug-likeness (QED) is 0.309. The molecule has 40 heavy (non-hydrogen) atoms. The normalized spacial score (nSPS) is 12.2. The van der Waals surface area contributed by atoms with E-state index in [9.17, 15) is 14.4 Å². The van der Waals surface area contributed by atoms with Gasteiger partial charge in [0.15, 0.2) is 5.65 Å². The summed E-state index contributed by atoms with van der Waals surface area (Å²) in [5.74, 6) is -0.368. The van der Waals surface area contributed by atoms with Crippen LogP contribution in [0.1, 0.15) is 39.0 Å². The van der Waals surface area contributed by atoms with Gasteiger partial charge in [0.1, 0.15) is 24.0 Å². The van der Waals surface area contributed by atoms with E-state index >= 15 is 0 Å². The number of benzene rings is 2. The van der Waals surface area contributed by atoms with E-state index < -0.39 is 29.6 Å². The first-order valence-electron chi connectivity index (χ1n) is 12.8. The number of aryl methyl sites for hydroxylation is 1. The molecule has 4 aromatic rings. The first-order chi connectivity index (χ1) is 19.0. The zero-order valence-corrected chi connectivity index (χ0v) is 23.4.